The van der Waals surface area contributed by atoms with E-state index in [9.17, 15) is 18.0 Å². The van der Waals surface area contributed by atoms with Crippen molar-refractivity contribution < 1.29 is 18.0 Å². The molecule has 6 nitrogen and oxygen atoms in total. The van der Waals surface area contributed by atoms with Crippen molar-refractivity contribution in [2.45, 2.75) is 6.30 Å². The van der Waals surface area contributed by atoms with Crippen LogP contribution >= 0.6 is 0 Å². The van der Waals surface area contributed by atoms with Gasteiger partial charge in [0.1, 0.15) is 17.8 Å². The predicted octanol–water partition coefficient (Wildman–Crippen LogP) is 1.43. The third kappa shape index (κ3) is 2.81. The molecule has 0 saturated carbocycles. The molecule has 2 aromatic rings. The minimum atomic E-state index is -4.93. The number of carbonyl (C=O) groups is 1. The summed E-state index contributed by atoms with van der Waals surface area (Å²) >= 11 is 0. The maximum absolute atomic E-state index is 12.9. The maximum Gasteiger partial charge on any atom is 0.493 e. The highest BCUT2D eigenvalue weighted by Crippen LogP contribution is 2.27. The quantitative estimate of drug-likeness (QED) is 0.771. The number of anilines is 1. The third-order valence-corrected chi connectivity index (χ3v) is 2.03. The first kappa shape index (κ1) is 12.9. The lowest BCUT2D eigenvalue weighted by atomic mass is 10.3. The summed E-state index contributed by atoms with van der Waals surface area (Å²) in [5, 5.41) is 0. The van der Waals surface area contributed by atoms with Gasteiger partial charge in [0.25, 0.3) is 5.91 Å². The molecule has 0 aliphatic rings. The van der Waals surface area contributed by atoms with E-state index in [4.69, 9.17) is 0 Å². The number of hydrogen-bond donors (Lipinski definition) is 0. The fourth-order valence-electron chi connectivity index (χ4n) is 1.29. The Morgan fingerprint density at radius 1 is 1.11 bits per heavy atom. The van der Waals surface area contributed by atoms with Gasteiger partial charge in [0.15, 0.2) is 0 Å². The Balaban J connectivity index is 2.43. The Hall–Kier alpha value is -2.58. The average molecular weight is 269 g/mol. The molecule has 0 bridgehead atoms. The summed E-state index contributed by atoms with van der Waals surface area (Å²) in [5.41, 5.74) is -0.432. The lowest BCUT2D eigenvalue weighted by Gasteiger charge is -2.23. The Kier molecular flexibility index (Phi) is 3.36. The molecule has 0 unspecified atom stereocenters. The third-order valence-electron chi connectivity index (χ3n) is 2.03. The molecular formula is C10H6F3N5O. The molecule has 2 rings (SSSR count). The second-order valence-electron chi connectivity index (χ2n) is 3.27. The summed E-state index contributed by atoms with van der Waals surface area (Å²) in [6, 6.07) is 0.974. The number of hydrogen-bond acceptors (Lipinski definition) is 5. The molecule has 0 N–H and O–H groups in total. The molecule has 0 spiro atoms. The van der Waals surface area contributed by atoms with Gasteiger partial charge in [-0.05, 0) is 6.07 Å². The van der Waals surface area contributed by atoms with Crippen LogP contribution in [0.2, 0.25) is 0 Å². The van der Waals surface area contributed by atoms with Gasteiger partial charge >= 0.3 is 6.30 Å². The zero-order valence-electron chi connectivity index (χ0n) is 9.24. The number of aromatic nitrogens is 4. The molecule has 0 atom stereocenters. The molecule has 19 heavy (non-hydrogen) atoms. The van der Waals surface area contributed by atoms with Gasteiger partial charge < -0.3 is 0 Å². The molecule has 9 heteroatoms. The standard InChI is InChI=1S/C10H6F3N5O/c11-10(12,13)18(8-1-2-15-6-17-8)9(19)7-5-14-3-4-16-7/h1-6H. The van der Waals surface area contributed by atoms with Crippen molar-refractivity contribution in [1.29, 1.82) is 0 Å². The van der Waals surface area contributed by atoms with Gasteiger partial charge in [-0.25, -0.2) is 15.0 Å². The second-order valence-corrected chi connectivity index (χ2v) is 3.27. The van der Waals surface area contributed by atoms with Crippen LogP contribution in [0.15, 0.2) is 37.2 Å². The van der Waals surface area contributed by atoms with Crippen molar-refractivity contribution in [3.05, 3.63) is 42.9 Å². The van der Waals surface area contributed by atoms with E-state index in [1.807, 2.05) is 0 Å². The van der Waals surface area contributed by atoms with Crippen molar-refractivity contribution >= 4 is 11.7 Å². The predicted molar refractivity (Wildman–Crippen MR) is 56.9 cm³/mol. The van der Waals surface area contributed by atoms with Crippen molar-refractivity contribution in [3.8, 4) is 0 Å². The summed E-state index contributed by atoms with van der Waals surface area (Å²) in [4.78, 5) is 25.4. The Labute approximate surface area is 105 Å². The van der Waals surface area contributed by atoms with Crippen molar-refractivity contribution in [2.24, 2.45) is 0 Å². The first-order valence-corrected chi connectivity index (χ1v) is 4.93. The van der Waals surface area contributed by atoms with Crippen LogP contribution in [-0.4, -0.2) is 32.1 Å². The first-order chi connectivity index (χ1) is 9.00. The number of amides is 1. The van der Waals surface area contributed by atoms with Gasteiger partial charge in [-0.15, -0.1) is 13.2 Å². The zero-order chi connectivity index (χ0) is 13.9. The highest BCUT2D eigenvalue weighted by Gasteiger charge is 2.44. The fraction of sp³-hybridized carbons (Fsp3) is 0.100. The van der Waals surface area contributed by atoms with E-state index in [1.165, 1.54) is 6.20 Å². The van der Waals surface area contributed by atoms with Gasteiger partial charge in [-0.2, -0.15) is 4.90 Å². The minimum Gasteiger partial charge on any atom is -0.266 e. The van der Waals surface area contributed by atoms with E-state index < -0.39 is 28.6 Å². The lowest BCUT2D eigenvalue weighted by molar-refractivity contribution is -0.122. The van der Waals surface area contributed by atoms with E-state index in [0.717, 1.165) is 31.0 Å². The summed E-state index contributed by atoms with van der Waals surface area (Å²) in [6.45, 7) is 0. The Morgan fingerprint density at radius 3 is 2.42 bits per heavy atom. The molecule has 0 aliphatic heterocycles. The van der Waals surface area contributed by atoms with Crippen LogP contribution in [0.25, 0.3) is 0 Å². The fourth-order valence-corrected chi connectivity index (χ4v) is 1.29. The van der Waals surface area contributed by atoms with Crippen LogP contribution in [0.5, 0.6) is 0 Å². The average Bonchev–Trinajstić information content (AvgIpc) is 2.39. The summed E-state index contributed by atoms with van der Waals surface area (Å²) in [5.74, 6) is -1.95. The van der Waals surface area contributed by atoms with Crippen LogP contribution in [0.3, 0.4) is 0 Å². The maximum atomic E-state index is 12.9. The number of alkyl halides is 3. The molecule has 1 amide bonds. The summed E-state index contributed by atoms with van der Waals surface area (Å²) in [7, 11) is 0. The first-order valence-electron chi connectivity index (χ1n) is 4.93. The Morgan fingerprint density at radius 2 is 1.89 bits per heavy atom. The van der Waals surface area contributed by atoms with E-state index in [1.54, 1.807) is 0 Å². The molecule has 2 aromatic heterocycles. The smallest absolute Gasteiger partial charge is 0.266 e. The van der Waals surface area contributed by atoms with E-state index in [2.05, 4.69) is 19.9 Å². The second kappa shape index (κ2) is 4.96. The highest BCUT2D eigenvalue weighted by molar-refractivity contribution is 6.04. The van der Waals surface area contributed by atoms with Crippen molar-refractivity contribution in [3.63, 3.8) is 0 Å². The van der Waals surface area contributed by atoms with Gasteiger partial charge in [0.05, 0.1) is 6.20 Å². The van der Waals surface area contributed by atoms with Crippen molar-refractivity contribution in [1.82, 2.24) is 19.9 Å². The van der Waals surface area contributed by atoms with Gasteiger partial charge in [-0.3, -0.25) is 9.78 Å². The molecule has 0 aliphatic carbocycles. The van der Waals surface area contributed by atoms with Crippen LogP contribution in [0, 0.1) is 0 Å². The molecule has 0 radical (unpaired) electrons. The Bertz CT molecular complexity index is 560. The molecule has 98 valence electrons. The van der Waals surface area contributed by atoms with E-state index in [0.29, 0.717) is 0 Å². The molecule has 2 heterocycles. The molecule has 0 aromatic carbocycles. The number of halogens is 3. The summed E-state index contributed by atoms with van der Waals surface area (Å²) < 4.78 is 38.8. The monoisotopic (exact) mass is 269 g/mol. The number of rotatable bonds is 2. The van der Waals surface area contributed by atoms with Gasteiger partial charge in [-0.1, -0.05) is 0 Å². The van der Waals surface area contributed by atoms with Gasteiger partial charge in [0, 0.05) is 18.6 Å². The molecule has 0 saturated heterocycles. The topological polar surface area (TPSA) is 71.9 Å². The van der Waals surface area contributed by atoms with Crippen LogP contribution in [-0.2, 0) is 0 Å². The zero-order valence-corrected chi connectivity index (χ0v) is 9.24. The summed E-state index contributed by atoms with van der Waals surface area (Å²) in [6.07, 6.45) is 0.412. The van der Waals surface area contributed by atoms with Crippen LogP contribution in [0.1, 0.15) is 10.5 Å². The SMILES string of the molecule is O=C(c1cnccn1)N(c1ccncn1)C(F)(F)F. The minimum absolute atomic E-state index is 0.418. The lowest BCUT2D eigenvalue weighted by Crippen LogP contribution is -2.44. The highest BCUT2D eigenvalue weighted by atomic mass is 19.4. The van der Waals surface area contributed by atoms with Crippen molar-refractivity contribution in [2.75, 3.05) is 4.90 Å². The van der Waals surface area contributed by atoms with E-state index in [-0.39, 0.29) is 0 Å². The number of carbonyl (C=O) groups excluding carboxylic acids is 1. The normalized spacial score (nSPS) is 11.1. The van der Waals surface area contributed by atoms with Crippen LogP contribution < -0.4 is 4.90 Å². The van der Waals surface area contributed by atoms with Crippen LogP contribution in [0.4, 0.5) is 19.0 Å². The largest absolute Gasteiger partial charge is 0.493 e. The van der Waals surface area contributed by atoms with E-state index >= 15 is 0 Å². The molecule has 0 fully saturated rings. The van der Waals surface area contributed by atoms with Gasteiger partial charge in [0.2, 0.25) is 0 Å². The molecular weight excluding hydrogens is 263 g/mol. The number of nitrogens with zero attached hydrogens (tertiary/aromatic N) is 5.